The number of benzene rings is 1. The molecule has 104 valence electrons. The summed E-state index contributed by atoms with van der Waals surface area (Å²) < 4.78 is 11.1. The van der Waals surface area contributed by atoms with Crippen molar-refractivity contribution in [2.75, 3.05) is 13.7 Å². The van der Waals surface area contributed by atoms with Crippen LogP contribution in [0, 0.1) is 5.41 Å². The molecule has 19 heavy (non-hydrogen) atoms. The third kappa shape index (κ3) is 3.74. The van der Waals surface area contributed by atoms with Crippen LogP contribution in [0.5, 0.6) is 5.75 Å². The standard InChI is InChI=1S/C16H23NO2/c1-16(2,3)8-9-17-11-13-10-12-6-5-7-14(18-4)15(12)19-13/h5-7,10,17H,8-9,11H2,1-4H3. The molecule has 0 radical (unpaired) electrons. The number of nitrogens with one attached hydrogen (secondary N) is 1. The predicted octanol–water partition coefficient (Wildman–Crippen LogP) is 3.97. The van der Waals surface area contributed by atoms with Crippen LogP contribution in [0.15, 0.2) is 28.7 Å². The minimum atomic E-state index is 0.365. The summed E-state index contributed by atoms with van der Waals surface area (Å²) in [6.45, 7) is 8.51. The molecule has 2 rings (SSSR count). The fourth-order valence-corrected chi connectivity index (χ4v) is 2.01. The van der Waals surface area contributed by atoms with Crippen molar-refractivity contribution in [3.63, 3.8) is 0 Å². The maximum Gasteiger partial charge on any atom is 0.176 e. The first-order valence-corrected chi connectivity index (χ1v) is 6.76. The molecule has 0 amide bonds. The Morgan fingerprint density at radius 3 is 2.74 bits per heavy atom. The Morgan fingerprint density at radius 2 is 2.05 bits per heavy atom. The summed E-state index contributed by atoms with van der Waals surface area (Å²) in [6, 6.07) is 8.01. The van der Waals surface area contributed by atoms with Crippen LogP contribution in [-0.2, 0) is 6.54 Å². The van der Waals surface area contributed by atoms with Crippen LogP contribution in [0.4, 0.5) is 0 Å². The van der Waals surface area contributed by atoms with E-state index in [9.17, 15) is 0 Å². The maximum atomic E-state index is 5.83. The molecular weight excluding hydrogens is 238 g/mol. The second kappa shape index (κ2) is 5.66. The molecule has 0 spiro atoms. The van der Waals surface area contributed by atoms with E-state index >= 15 is 0 Å². The largest absolute Gasteiger partial charge is 0.493 e. The van der Waals surface area contributed by atoms with Gasteiger partial charge in [0.15, 0.2) is 11.3 Å². The Bertz CT molecular complexity index is 537. The smallest absolute Gasteiger partial charge is 0.176 e. The van der Waals surface area contributed by atoms with Crippen LogP contribution in [0.3, 0.4) is 0 Å². The zero-order valence-corrected chi connectivity index (χ0v) is 12.2. The number of fused-ring (bicyclic) bond motifs is 1. The molecule has 1 aromatic carbocycles. The van der Waals surface area contributed by atoms with Gasteiger partial charge in [0, 0.05) is 5.39 Å². The molecule has 0 saturated heterocycles. The Hall–Kier alpha value is -1.48. The second-order valence-electron chi connectivity index (χ2n) is 6.08. The highest BCUT2D eigenvalue weighted by molar-refractivity contribution is 5.83. The van der Waals surface area contributed by atoms with Gasteiger partial charge in [-0.3, -0.25) is 0 Å². The highest BCUT2D eigenvalue weighted by Gasteiger charge is 2.10. The number of hydrogen-bond acceptors (Lipinski definition) is 3. The Kier molecular flexibility index (Phi) is 4.15. The molecule has 1 aromatic heterocycles. The van der Waals surface area contributed by atoms with E-state index in [4.69, 9.17) is 9.15 Å². The zero-order chi connectivity index (χ0) is 13.9. The van der Waals surface area contributed by atoms with Crippen molar-refractivity contribution in [3.8, 4) is 5.75 Å². The van der Waals surface area contributed by atoms with E-state index in [1.54, 1.807) is 7.11 Å². The molecule has 0 atom stereocenters. The normalized spacial score (nSPS) is 12.0. The van der Waals surface area contributed by atoms with Gasteiger partial charge in [-0.1, -0.05) is 32.9 Å². The number of ether oxygens (including phenoxy) is 1. The number of para-hydroxylation sites is 1. The summed E-state index contributed by atoms with van der Waals surface area (Å²) in [4.78, 5) is 0. The van der Waals surface area contributed by atoms with Crippen LogP contribution in [0.25, 0.3) is 11.0 Å². The minimum absolute atomic E-state index is 0.365. The van der Waals surface area contributed by atoms with Gasteiger partial charge in [0.1, 0.15) is 5.76 Å². The molecule has 3 heteroatoms. The van der Waals surface area contributed by atoms with Crippen molar-refractivity contribution in [2.24, 2.45) is 5.41 Å². The molecule has 0 fully saturated rings. The highest BCUT2D eigenvalue weighted by Crippen LogP contribution is 2.28. The van der Waals surface area contributed by atoms with E-state index in [0.29, 0.717) is 5.41 Å². The lowest BCUT2D eigenvalue weighted by Gasteiger charge is -2.17. The van der Waals surface area contributed by atoms with Crippen LogP contribution in [0.2, 0.25) is 0 Å². The first-order valence-electron chi connectivity index (χ1n) is 6.76. The minimum Gasteiger partial charge on any atom is -0.493 e. The van der Waals surface area contributed by atoms with Gasteiger partial charge in [-0.2, -0.15) is 0 Å². The van der Waals surface area contributed by atoms with Crippen molar-refractivity contribution in [3.05, 3.63) is 30.0 Å². The molecule has 0 bridgehead atoms. The first kappa shape index (κ1) is 13.9. The number of hydrogen-bond donors (Lipinski definition) is 1. The quantitative estimate of drug-likeness (QED) is 0.827. The molecule has 0 unspecified atom stereocenters. The Morgan fingerprint density at radius 1 is 1.26 bits per heavy atom. The molecule has 3 nitrogen and oxygen atoms in total. The molecule has 1 N–H and O–H groups in total. The third-order valence-electron chi connectivity index (χ3n) is 3.13. The lowest BCUT2D eigenvalue weighted by molar-refractivity contribution is 0.361. The summed E-state index contributed by atoms with van der Waals surface area (Å²) in [5, 5.41) is 4.51. The van der Waals surface area contributed by atoms with Gasteiger partial charge >= 0.3 is 0 Å². The average Bonchev–Trinajstić information content (AvgIpc) is 2.76. The number of methoxy groups -OCH3 is 1. The van der Waals surface area contributed by atoms with E-state index in [2.05, 4.69) is 32.2 Å². The van der Waals surface area contributed by atoms with Gasteiger partial charge in [-0.05, 0) is 30.5 Å². The number of furan rings is 1. The van der Waals surface area contributed by atoms with Crippen LogP contribution >= 0.6 is 0 Å². The molecule has 0 aliphatic carbocycles. The topological polar surface area (TPSA) is 34.4 Å². The lowest BCUT2D eigenvalue weighted by Crippen LogP contribution is -2.19. The van der Waals surface area contributed by atoms with Gasteiger partial charge < -0.3 is 14.5 Å². The molecule has 1 heterocycles. The average molecular weight is 261 g/mol. The molecule has 2 aromatic rings. The molecule has 0 saturated carbocycles. The maximum absolute atomic E-state index is 5.83. The molecule has 0 aliphatic rings. The van der Waals surface area contributed by atoms with E-state index in [1.807, 2.05) is 18.2 Å². The van der Waals surface area contributed by atoms with E-state index < -0.39 is 0 Å². The molecular formula is C16H23NO2. The van der Waals surface area contributed by atoms with E-state index in [0.717, 1.165) is 42.0 Å². The van der Waals surface area contributed by atoms with Gasteiger partial charge in [0.2, 0.25) is 0 Å². The summed E-state index contributed by atoms with van der Waals surface area (Å²) in [7, 11) is 1.67. The fourth-order valence-electron chi connectivity index (χ4n) is 2.01. The Balaban J connectivity index is 1.98. The summed E-state index contributed by atoms with van der Waals surface area (Å²) in [5.74, 6) is 1.74. The van der Waals surface area contributed by atoms with Crippen molar-refractivity contribution in [2.45, 2.75) is 33.7 Å². The van der Waals surface area contributed by atoms with Crippen molar-refractivity contribution in [1.82, 2.24) is 5.32 Å². The first-order chi connectivity index (χ1) is 8.99. The molecule has 0 aliphatic heterocycles. The van der Waals surface area contributed by atoms with Gasteiger partial charge in [0.25, 0.3) is 0 Å². The Labute approximate surface area is 114 Å². The monoisotopic (exact) mass is 261 g/mol. The van der Waals surface area contributed by atoms with Crippen molar-refractivity contribution < 1.29 is 9.15 Å². The lowest BCUT2D eigenvalue weighted by atomic mass is 9.92. The van der Waals surface area contributed by atoms with Crippen LogP contribution < -0.4 is 10.1 Å². The summed E-state index contributed by atoms with van der Waals surface area (Å²) in [5.41, 5.74) is 1.20. The highest BCUT2D eigenvalue weighted by atomic mass is 16.5. The third-order valence-corrected chi connectivity index (χ3v) is 3.13. The van der Waals surface area contributed by atoms with Crippen LogP contribution in [0.1, 0.15) is 33.0 Å². The van der Waals surface area contributed by atoms with Gasteiger partial charge in [-0.15, -0.1) is 0 Å². The summed E-state index contributed by atoms with van der Waals surface area (Å²) >= 11 is 0. The van der Waals surface area contributed by atoms with E-state index in [1.165, 1.54) is 0 Å². The number of rotatable bonds is 5. The summed E-state index contributed by atoms with van der Waals surface area (Å²) in [6.07, 6.45) is 1.15. The van der Waals surface area contributed by atoms with Crippen LogP contribution in [-0.4, -0.2) is 13.7 Å². The van der Waals surface area contributed by atoms with Gasteiger partial charge in [0.05, 0.1) is 13.7 Å². The fraction of sp³-hybridized carbons (Fsp3) is 0.500. The second-order valence-corrected chi connectivity index (χ2v) is 6.08. The van der Waals surface area contributed by atoms with Gasteiger partial charge in [-0.25, -0.2) is 0 Å². The van der Waals surface area contributed by atoms with Crippen molar-refractivity contribution >= 4 is 11.0 Å². The zero-order valence-electron chi connectivity index (χ0n) is 12.2. The van der Waals surface area contributed by atoms with E-state index in [-0.39, 0.29) is 0 Å². The SMILES string of the molecule is COc1cccc2cc(CNCCC(C)(C)C)oc12. The predicted molar refractivity (Wildman–Crippen MR) is 78.5 cm³/mol. The van der Waals surface area contributed by atoms with Crippen molar-refractivity contribution in [1.29, 1.82) is 0 Å².